The van der Waals surface area contributed by atoms with Gasteiger partial charge in [-0.25, -0.2) is 0 Å². The number of nitro groups is 1. The maximum absolute atomic E-state index is 12.1. The molecule has 1 aromatic carbocycles. The van der Waals surface area contributed by atoms with Crippen molar-refractivity contribution in [2.45, 2.75) is 0 Å². The van der Waals surface area contributed by atoms with Gasteiger partial charge in [0.2, 0.25) is 0 Å². The summed E-state index contributed by atoms with van der Waals surface area (Å²) in [5.41, 5.74) is 9.58. The number of nitrogens with zero attached hydrogens (tertiary/aromatic N) is 4. The summed E-state index contributed by atoms with van der Waals surface area (Å²) in [5, 5.41) is 17.1. The first-order chi connectivity index (χ1) is 10.6. The van der Waals surface area contributed by atoms with Crippen LogP contribution < -0.4 is 5.32 Å². The number of carbonyl (C=O) groups is 1. The molecule has 22 heavy (non-hydrogen) atoms. The molecular weight excluding hydrogens is 288 g/mol. The molecule has 0 bridgehead atoms. The minimum atomic E-state index is -0.653. The second-order valence-corrected chi connectivity index (χ2v) is 4.44. The third-order valence-electron chi connectivity index (χ3n) is 3.18. The lowest BCUT2D eigenvalue weighted by Gasteiger charge is -2.04. The fourth-order valence-electron chi connectivity index (χ4n) is 2.28. The number of hydrogen-bond donors (Lipinski definition) is 2. The van der Waals surface area contributed by atoms with Crippen molar-refractivity contribution in [2.24, 2.45) is 5.11 Å². The van der Waals surface area contributed by atoms with Crippen LogP contribution in [-0.2, 0) is 4.79 Å². The van der Waals surface area contributed by atoms with E-state index in [0.29, 0.717) is 11.4 Å². The van der Waals surface area contributed by atoms with Gasteiger partial charge in [0.25, 0.3) is 11.6 Å². The lowest BCUT2D eigenvalue weighted by atomic mass is 10.0. The number of azide groups is 1. The van der Waals surface area contributed by atoms with Crippen molar-refractivity contribution in [1.29, 1.82) is 0 Å². The van der Waals surface area contributed by atoms with E-state index in [2.05, 4.69) is 20.3 Å². The van der Waals surface area contributed by atoms with E-state index in [1.807, 2.05) is 0 Å². The van der Waals surface area contributed by atoms with E-state index in [0.717, 1.165) is 0 Å². The maximum atomic E-state index is 12.1. The third kappa shape index (κ3) is 2.07. The molecule has 1 aliphatic heterocycles. The molecule has 1 aromatic heterocycles. The van der Waals surface area contributed by atoms with Crippen LogP contribution in [0.4, 0.5) is 17.1 Å². The molecule has 0 atom stereocenters. The number of nitro benzene ring substituents is 1. The number of anilines is 1. The molecule has 0 spiro atoms. The van der Waals surface area contributed by atoms with Crippen LogP contribution in [0.2, 0.25) is 0 Å². The summed E-state index contributed by atoms with van der Waals surface area (Å²) in [5.74, 6) is -0.417. The smallest absolute Gasteiger partial charge is 0.279 e. The Morgan fingerprint density at radius 2 is 2.18 bits per heavy atom. The molecule has 2 N–H and O–H groups in total. The Bertz CT molecular complexity index is 862. The Morgan fingerprint density at radius 3 is 2.82 bits per heavy atom. The quantitative estimate of drug-likeness (QED) is 0.224. The zero-order valence-electron chi connectivity index (χ0n) is 11.0. The highest BCUT2D eigenvalue weighted by molar-refractivity contribution is 6.36. The van der Waals surface area contributed by atoms with Crippen LogP contribution in [0.1, 0.15) is 11.3 Å². The first kappa shape index (κ1) is 13.4. The minimum Gasteiger partial charge on any atom is -0.362 e. The van der Waals surface area contributed by atoms with Crippen molar-refractivity contribution in [1.82, 2.24) is 4.98 Å². The van der Waals surface area contributed by atoms with Gasteiger partial charge in [0.1, 0.15) is 5.69 Å². The largest absolute Gasteiger partial charge is 0.362 e. The van der Waals surface area contributed by atoms with Crippen molar-refractivity contribution in [3.05, 3.63) is 62.3 Å². The number of rotatable bonds is 3. The molecule has 2 heterocycles. The normalized spacial score (nSPS) is 14.4. The zero-order chi connectivity index (χ0) is 15.7. The predicted octanol–water partition coefficient (Wildman–Crippen LogP) is 3.36. The molecule has 0 saturated carbocycles. The van der Waals surface area contributed by atoms with Crippen molar-refractivity contribution >= 4 is 34.6 Å². The molecular formula is C13H8N6O3. The number of carbonyl (C=O) groups excluding carboxylic acids is 1. The summed E-state index contributed by atoms with van der Waals surface area (Å²) >= 11 is 0. The van der Waals surface area contributed by atoms with Crippen molar-refractivity contribution in [2.75, 3.05) is 5.32 Å². The van der Waals surface area contributed by atoms with E-state index < -0.39 is 10.8 Å². The number of benzene rings is 1. The summed E-state index contributed by atoms with van der Waals surface area (Å²) in [6, 6.07) is 6.10. The van der Waals surface area contributed by atoms with Crippen LogP contribution in [0, 0.1) is 10.1 Å². The predicted molar refractivity (Wildman–Crippen MR) is 79.2 cm³/mol. The van der Waals surface area contributed by atoms with Crippen LogP contribution >= 0.6 is 0 Å². The van der Waals surface area contributed by atoms with Crippen molar-refractivity contribution < 1.29 is 9.72 Å². The Labute approximate surface area is 123 Å². The standard InChI is InChI=1S/C13H8N6O3/c14-18-17-12-10(19(21)22)4-3-9-11(12)8(13(20)16-9)6-7-2-1-5-15-7/h1-6,15H,(H,16,20)/b8-6-. The number of hydrogen-bond acceptors (Lipinski definition) is 4. The lowest BCUT2D eigenvalue weighted by Crippen LogP contribution is -2.03. The zero-order valence-corrected chi connectivity index (χ0v) is 11.0. The van der Waals surface area contributed by atoms with Gasteiger partial charge in [0.15, 0.2) is 0 Å². The van der Waals surface area contributed by atoms with Crippen LogP contribution in [0.25, 0.3) is 22.1 Å². The number of fused-ring (bicyclic) bond motifs is 1. The maximum Gasteiger partial charge on any atom is 0.279 e. The van der Waals surface area contributed by atoms with Crippen LogP contribution in [0.5, 0.6) is 0 Å². The molecule has 0 fully saturated rings. The molecule has 0 radical (unpaired) electrons. The van der Waals surface area contributed by atoms with Gasteiger partial charge in [-0.2, -0.15) is 0 Å². The second-order valence-electron chi connectivity index (χ2n) is 4.44. The van der Waals surface area contributed by atoms with Gasteiger partial charge in [-0.3, -0.25) is 14.9 Å². The first-order valence-electron chi connectivity index (χ1n) is 6.15. The second kappa shape index (κ2) is 5.08. The van der Waals surface area contributed by atoms with E-state index >= 15 is 0 Å². The van der Waals surface area contributed by atoms with E-state index in [1.165, 1.54) is 12.1 Å². The number of H-pyrrole nitrogens is 1. The summed E-state index contributed by atoms with van der Waals surface area (Å²) < 4.78 is 0. The first-order valence-corrected chi connectivity index (χ1v) is 6.15. The Morgan fingerprint density at radius 1 is 1.36 bits per heavy atom. The van der Waals surface area contributed by atoms with Crippen LogP contribution in [0.15, 0.2) is 35.6 Å². The molecule has 0 aliphatic carbocycles. The van der Waals surface area contributed by atoms with E-state index in [4.69, 9.17) is 5.53 Å². The van der Waals surface area contributed by atoms with Gasteiger partial charge in [-0.15, -0.1) is 0 Å². The Kier molecular flexibility index (Phi) is 3.09. The monoisotopic (exact) mass is 296 g/mol. The molecule has 2 aromatic rings. The Hall–Kier alpha value is -3.58. The average Bonchev–Trinajstić information content (AvgIpc) is 3.08. The summed E-state index contributed by atoms with van der Waals surface area (Å²) in [7, 11) is 0. The van der Waals surface area contributed by atoms with Gasteiger partial charge in [-0.05, 0) is 29.8 Å². The van der Waals surface area contributed by atoms with Gasteiger partial charge in [0.05, 0.1) is 16.2 Å². The van der Waals surface area contributed by atoms with Gasteiger partial charge in [0, 0.05) is 28.4 Å². The minimum absolute atomic E-state index is 0.179. The molecule has 3 rings (SSSR count). The van der Waals surface area contributed by atoms with Gasteiger partial charge in [-0.1, -0.05) is 5.11 Å². The van der Waals surface area contributed by atoms with Gasteiger partial charge < -0.3 is 10.3 Å². The van der Waals surface area contributed by atoms with Crippen molar-refractivity contribution in [3.63, 3.8) is 0 Å². The molecule has 0 saturated heterocycles. The number of aromatic amines is 1. The van der Waals surface area contributed by atoms with E-state index in [9.17, 15) is 14.9 Å². The van der Waals surface area contributed by atoms with E-state index in [1.54, 1.807) is 24.4 Å². The highest BCUT2D eigenvalue weighted by Crippen LogP contribution is 2.44. The molecule has 1 amide bonds. The topological polar surface area (TPSA) is 137 Å². The summed E-state index contributed by atoms with van der Waals surface area (Å²) in [6.07, 6.45) is 3.23. The fourth-order valence-corrected chi connectivity index (χ4v) is 2.28. The molecule has 1 aliphatic rings. The number of nitrogens with one attached hydrogen (secondary N) is 2. The summed E-state index contributed by atoms with van der Waals surface area (Å²) in [6.45, 7) is 0. The van der Waals surface area contributed by atoms with Gasteiger partial charge >= 0.3 is 0 Å². The SMILES string of the molecule is [N-]=[N+]=Nc1c([N+](=O)[O-])ccc2c1/C(=C/c1ccc[nH]1)C(=O)N2. The third-order valence-corrected chi connectivity index (χ3v) is 3.18. The molecule has 108 valence electrons. The highest BCUT2D eigenvalue weighted by Gasteiger charge is 2.31. The summed E-state index contributed by atoms with van der Waals surface area (Å²) in [4.78, 5) is 28.1. The molecule has 0 unspecified atom stereocenters. The number of aromatic nitrogens is 1. The average molecular weight is 296 g/mol. The fraction of sp³-hybridized carbons (Fsp3) is 0. The van der Waals surface area contributed by atoms with Crippen LogP contribution in [-0.4, -0.2) is 15.8 Å². The van der Waals surface area contributed by atoms with Crippen LogP contribution in [0.3, 0.4) is 0 Å². The number of amides is 1. The van der Waals surface area contributed by atoms with Crippen molar-refractivity contribution in [3.8, 4) is 0 Å². The molecule has 9 nitrogen and oxygen atoms in total. The van der Waals surface area contributed by atoms with E-state index in [-0.39, 0.29) is 22.5 Å². The molecule has 9 heteroatoms. The Balaban J connectivity index is 2.29. The highest BCUT2D eigenvalue weighted by atomic mass is 16.6. The lowest BCUT2D eigenvalue weighted by molar-refractivity contribution is -0.384.